The number of hydrogen-bond acceptors (Lipinski definition) is 5. The normalized spacial score (nSPS) is 14.2. The maximum atomic E-state index is 12.4. The molecule has 106 valence electrons. The number of aliphatic carboxylic acids is 1. The van der Waals surface area contributed by atoms with Gasteiger partial charge in [0.15, 0.2) is 5.66 Å². The van der Waals surface area contributed by atoms with Crippen molar-refractivity contribution in [3.8, 4) is 0 Å². The van der Waals surface area contributed by atoms with E-state index in [2.05, 4.69) is 0 Å². The number of carboxylic acids is 1. The van der Waals surface area contributed by atoms with Crippen molar-refractivity contribution in [1.82, 2.24) is 0 Å². The Morgan fingerprint density at radius 3 is 2.06 bits per heavy atom. The van der Waals surface area contributed by atoms with Crippen LogP contribution in [0.5, 0.6) is 0 Å². The highest BCUT2D eigenvalue weighted by atomic mass is 31.2. The van der Waals surface area contributed by atoms with E-state index in [0.717, 1.165) is 0 Å². The molecule has 0 amide bonds. The third-order valence-electron chi connectivity index (χ3n) is 2.32. The molecule has 0 aliphatic rings. The molecule has 0 heterocycles. The second kappa shape index (κ2) is 7.02. The van der Waals surface area contributed by atoms with Crippen molar-refractivity contribution in [2.24, 2.45) is 5.41 Å². The highest BCUT2D eigenvalue weighted by molar-refractivity contribution is 7.55. The molecule has 0 spiro atoms. The maximum Gasteiger partial charge on any atom is 0.344 e. The molecular weight excluding hydrogens is 259 g/mol. The molecule has 0 aromatic heterocycles. The van der Waals surface area contributed by atoms with Gasteiger partial charge in [0.05, 0.1) is 13.2 Å². The van der Waals surface area contributed by atoms with Crippen LogP contribution in [-0.4, -0.2) is 36.2 Å². The molecule has 0 saturated carbocycles. The average Bonchev–Trinajstić information content (AvgIpc) is 2.26. The predicted octanol–water partition coefficient (Wildman–Crippen LogP) is 2.32. The summed E-state index contributed by atoms with van der Waals surface area (Å²) >= 11 is 0. The van der Waals surface area contributed by atoms with E-state index in [9.17, 15) is 19.3 Å². The summed E-state index contributed by atoms with van der Waals surface area (Å²) in [5.41, 5.74) is -2.23. The lowest BCUT2D eigenvalue weighted by Crippen LogP contribution is -2.30. The molecule has 0 rings (SSSR count). The van der Waals surface area contributed by atoms with E-state index in [1.165, 1.54) is 0 Å². The van der Waals surface area contributed by atoms with E-state index >= 15 is 0 Å². The zero-order chi connectivity index (χ0) is 14.4. The van der Waals surface area contributed by atoms with Gasteiger partial charge in [0.1, 0.15) is 6.29 Å². The van der Waals surface area contributed by atoms with Gasteiger partial charge in [0, 0.05) is 5.41 Å². The van der Waals surface area contributed by atoms with Gasteiger partial charge in [0.25, 0.3) is 0 Å². The maximum absolute atomic E-state index is 12.4. The Labute approximate surface area is 107 Å². The van der Waals surface area contributed by atoms with Crippen LogP contribution in [0.15, 0.2) is 0 Å². The zero-order valence-corrected chi connectivity index (χ0v) is 12.1. The minimum Gasteiger partial charge on any atom is -0.481 e. The van der Waals surface area contributed by atoms with Crippen molar-refractivity contribution in [2.75, 3.05) is 13.2 Å². The van der Waals surface area contributed by atoms with Crippen LogP contribution in [-0.2, 0) is 23.2 Å². The molecule has 0 aromatic rings. The number of carboxylic acid groups (broad SMARTS) is 1. The van der Waals surface area contributed by atoms with Crippen LogP contribution in [0, 0.1) is 5.41 Å². The van der Waals surface area contributed by atoms with Gasteiger partial charge < -0.3 is 18.9 Å². The number of carbonyl (C=O) groups is 2. The first kappa shape index (κ1) is 17.3. The van der Waals surface area contributed by atoms with Crippen LogP contribution in [0.2, 0.25) is 0 Å². The Bertz CT molecular complexity index is 328. The number of aldehydes is 1. The highest BCUT2D eigenvalue weighted by Gasteiger charge is 2.44. The molecule has 7 heteroatoms. The van der Waals surface area contributed by atoms with Gasteiger partial charge in [-0.05, 0) is 20.3 Å². The van der Waals surface area contributed by atoms with Crippen LogP contribution in [0.1, 0.15) is 34.1 Å². The molecule has 0 saturated heterocycles. The largest absolute Gasteiger partial charge is 0.481 e. The molecule has 0 bridgehead atoms. The molecule has 18 heavy (non-hydrogen) atoms. The second-order valence-corrected chi connectivity index (χ2v) is 6.76. The van der Waals surface area contributed by atoms with Gasteiger partial charge in [-0.1, -0.05) is 13.8 Å². The van der Waals surface area contributed by atoms with Crippen molar-refractivity contribution in [3.63, 3.8) is 0 Å². The van der Waals surface area contributed by atoms with E-state index in [1.54, 1.807) is 27.7 Å². The van der Waals surface area contributed by atoms with Gasteiger partial charge in [0.2, 0.25) is 0 Å². The summed E-state index contributed by atoms with van der Waals surface area (Å²) < 4.78 is 22.4. The molecule has 1 atom stereocenters. The molecule has 0 radical (unpaired) electrons. The Morgan fingerprint density at radius 1 is 1.33 bits per heavy atom. The lowest BCUT2D eigenvalue weighted by atomic mass is 9.89. The fourth-order valence-corrected chi connectivity index (χ4v) is 3.58. The Hall–Kier alpha value is -0.710. The topological polar surface area (TPSA) is 89.9 Å². The third kappa shape index (κ3) is 4.88. The zero-order valence-electron chi connectivity index (χ0n) is 11.2. The summed E-state index contributed by atoms with van der Waals surface area (Å²) in [5, 5.41) is 9.17. The monoisotopic (exact) mass is 280 g/mol. The predicted molar refractivity (Wildman–Crippen MR) is 66.7 cm³/mol. The first-order chi connectivity index (χ1) is 8.22. The molecule has 0 aliphatic heterocycles. The van der Waals surface area contributed by atoms with Gasteiger partial charge in [-0.2, -0.15) is 0 Å². The number of rotatable bonds is 9. The van der Waals surface area contributed by atoms with E-state index in [1.807, 2.05) is 0 Å². The summed E-state index contributed by atoms with van der Waals surface area (Å²) in [7, 11) is -3.75. The fraction of sp³-hybridized carbons (Fsp3) is 0.818. The third-order valence-corrected chi connectivity index (χ3v) is 4.73. The highest BCUT2D eigenvalue weighted by Crippen LogP contribution is 2.55. The molecular formula is C11H21O6P. The SMILES string of the molecule is CCOP(=O)(OCC)C(CC(C)(C)C=O)C(=O)O. The van der Waals surface area contributed by atoms with Crippen LogP contribution in [0.4, 0.5) is 0 Å². The fourth-order valence-electron chi connectivity index (χ4n) is 1.46. The lowest BCUT2D eigenvalue weighted by molar-refractivity contribution is -0.137. The Balaban J connectivity index is 5.23. The van der Waals surface area contributed by atoms with Gasteiger partial charge >= 0.3 is 13.6 Å². The molecule has 1 unspecified atom stereocenters. The summed E-state index contributed by atoms with van der Waals surface area (Å²) in [4.78, 5) is 22.1. The Kier molecular flexibility index (Phi) is 6.74. The van der Waals surface area contributed by atoms with Crippen molar-refractivity contribution < 1.29 is 28.3 Å². The quantitative estimate of drug-likeness (QED) is 0.515. The summed E-state index contributed by atoms with van der Waals surface area (Å²) in [6, 6.07) is 0. The van der Waals surface area contributed by atoms with E-state index in [0.29, 0.717) is 6.29 Å². The van der Waals surface area contributed by atoms with Crippen LogP contribution in [0.3, 0.4) is 0 Å². The average molecular weight is 280 g/mol. The molecule has 0 aliphatic carbocycles. The molecule has 0 aromatic carbocycles. The van der Waals surface area contributed by atoms with Crippen LogP contribution < -0.4 is 0 Å². The lowest BCUT2D eigenvalue weighted by Gasteiger charge is -2.27. The van der Waals surface area contributed by atoms with Gasteiger partial charge in [-0.25, -0.2) is 0 Å². The van der Waals surface area contributed by atoms with Crippen molar-refractivity contribution >= 4 is 19.9 Å². The van der Waals surface area contributed by atoms with E-state index in [4.69, 9.17) is 9.05 Å². The van der Waals surface area contributed by atoms with Gasteiger partial charge in [-0.15, -0.1) is 0 Å². The molecule has 0 fully saturated rings. The van der Waals surface area contributed by atoms with Crippen molar-refractivity contribution in [2.45, 2.75) is 39.8 Å². The summed E-state index contributed by atoms with van der Waals surface area (Å²) in [6.45, 7) is 6.55. The van der Waals surface area contributed by atoms with Crippen molar-refractivity contribution in [3.05, 3.63) is 0 Å². The smallest absolute Gasteiger partial charge is 0.344 e. The minimum atomic E-state index is -3.75. The first-order valence-corrected chi connectivity index (χ1v) is 7.41. The van der Waals surface area contributed by atoms with E-state index < -0.39 is 24.6 Å². The van der Waals surface area contributed by atoms with E-state index in [-0.39, 0.29) is 19.6 Å². The molecule has 6 nitrogen and oxygen atoms in total. The summed E-state index contributed by atoms with van der Waals surface area (Å²) in [5.74, 6) is -1.28. The van der Waals surface area contributed by atoms with Crippen LogP contribution >= 0.6 is 7.60 Å². The second-order valence-electron chi connectivity index (χ2n) is 4.54. The van der Waals surface area contributed by atoms with Crippen LogP contribution in [0.25, 0.3) is 0 Å². The molecule has 1 N–H and O–H groups in total. The Morgan fingerprint density at radius 2 is 1.78 bits per heavy atom. The number of carbonyl (C=O) groups excluding carboxylic acids is 1. The standard InChI is InChI=1S/C11H21O6P/c1-5-16-18(15,17-6-2)9(10(13)14)7-11(3,4)8-12/h8-9H,5-7H2,1-4H3,(H,13,14). The first-order valence-electron chi connectivity index (χ1n) is 5.80. The van der Waals surface area contributed by atoms with Crippen molar-refractivity contribution in [1.29, 1.82) is 0 Å². The number of hydrogen-bond donors (Lipinski definition) is 1. The minimum absolute atomic E-state index is 0.0859. The summed E-state index contributed by atoms with van der Waals surface area (Å²) in [6.07, 6.45) is 0.550. The van der Waals surface area contributed by atoms with Gasteiger partial charge in [-0.3, -0.25) is 9.36 Å².